The molecule has 4 nitrogen and oxygen atoms in total. The molecule has 4 aromatic carbocycles. The molecule has 0 bridgehead atoms. The second kappa shape index (κ2) is 20.2. The third-order valence-electron chi connectivity index (χ3n) is 13.6. The summed E-state index contributed by atoms with van der Waals surface area (Å²) in [6.45, 7) is 9.61. The summed E-state index contributed by atoms with van der Waals surface area (Å²) in [6, 6.07) is 41.8. The van der Waals surface area contributed by atoms with Gasteiger partial charge in [0.05, 0.1) is 23.5 Å². The number of unbranched alkanes of at least 4 members (excludes halogenated alkanes) is 2. The van der Waals surface area contributed by atoms with Crippen molar-refractivity contribution in [2.24, 2.45) is 11.8 Å². The van der Waals surface area contributed by atoms with E-state index in [4.69, 9.17) is 17.5 Å². The number of hydrogen-bond acceptors (Lipinski definition) is 10. The Balaban J connectivity index is 0.00000266. The molecule has 0 amide bonds. The summed E-state index contributed by atoms with van der Waals surface area (Å²) in [5, 5.41) is 5.88. The fourth-order valence-corrected chi connectivity index (χ4v) is 23.9. The predicted octanol–water partition coefficient (Wildman–Crippen LogP) is 16.5. The van der Waals surface area contributed by atoms with Gasteiger partial charge in [-0.3, -0.25) is 0 Å². The van der Waals surface area contributed by atoms with Crippen LogP contribution in [0.4, 0.5) is 0 Å². The van der Waals surface area contributed by atoms with E-state index < -0.39 is 8.07 Å². The fourth-order valence-electron chi connectivity index (χ4n) is 10.2. The fraction of sp³-hybridized carbons (Fsp3) is 0.308. The minimum atomic E-state index is -2.30. The molecular formula is C52H48N4S6SiW2-2. The van der Waals surface area contributed by atoms with Crippen molar-refractivity contribution in [3.63, 3.8) is 0 Å². The Kier molecular flexibility index (Phi) is 14.7. The summed E-state index contributed by atoms with van der Waals surface area (Å²) < 4.78 is 22.5. The number of thiophene rings is 4. The molecule has 2 unspecified atom stereocenters. The minimum Gasteiger partial charge on any atom is -0.224 e. The zero-order chi connectivity index (χ0) is 42.7. The van der Waals surface area contributed by atoms with Crippen LogP contribution in [0.3, 0.4) is 0 Å². The van der Waals surface area contributed by atoms with Gasteiger partial charge in [-0.2, -0.15) is 31.4 Å². The largest absolute Gasteiger partial charge is 0.224 e. The summed E-state index contributed by atoms with van der Waals surface area (Å²) in [6.07, 6.45) is 10.2. The zero-order valence-electron chi connectivity index (χ0n) is 36.9. The van der Waals surface area contributed by atoms with Gasteiger partial charge in [0.1, 0.15) is 8.07 Å². The first-order valence-electron chi connectivity index (χ1n) is 22.6. The van der Waals surface area contributed by atoms with Gasteiger partial charge in [-0.25, -0.2) is 8.75 Å². The molecule has 0 N–H and O–H groups in total. The zero-order valence-corrected chi connectivity index (χ0v) is 48.6. The van der Waals surface area contributed by atoms with E-state index in [1.807, 2.05) is 45.3 Å². The molecule has 330 valence electrons. The van der Waals surface area contributed by atoms with Crippen LogP contribution >= 0.6 is 68.8 Å². The van der Waals surface area contributed by atoms with Crippen LogP contribution < -0.4 is 10.4 Å². The first-order chi connectivity index (χ1) is 31.0. The van der Waals surface area contributed by atoms with Gasteiger partial charge in [0.25, 0.3) is 0 Å². The smallest absolute Gasteiger partial charge is 0.120 e. The van der Waals surface area contributed by atoms with Crippen LogP contribution in [0.5, 0.6) is 0 Å². The van der Waals surface area contributed by atoms with E-state index in [1.54, 1.807) is 10.4 Å². The van der Waals surface area contributed by atoms with Gasteiger partial charge in [-0.1, -0.05) is 139 Å². The normalized spacial score (nSPS) is 13.9. The maximum Gasteiger partial charge on any atom is 0.120 e. The van der Waals surface area contributed by atoms with Crippen molar-refractivity contribution in [3.8, 4) is 51.5 Å². The van der Waals surface area contributed by atoms with Gasteiger partial charge in [0.2, 0.25) is 0 Å². The second-order valence-electron chi connectivity index (χ2n) is 17.4. The molecular weight excluding hydrogens is 1270 g/mol. The Bertz CT molecular complexity index is 2980. The quantitative estimate of drug-likeness (QED) is 0.0715. The van der Waals surface area contributed by atoms with Crippen LogP contribution in [-0.2, 0) is 42.1 Å². The van der Waals surface area contributed by atoms with Gasteiger partial charge in [-0.05, 0) is 88.8 Å². The number of fused-ring (bicyclic) bond motifs is 7. The van der Waals surface area contributed by atoms with E-state index >= 15 is 0 Å². The van der Waals surface area contributed by atoms with E-state index in [9.17, 15) is 0 Å². The van der Waals surface area contributed by atoms with E-state index in [1.165, 1.54) is 136 Å². The van der Waals surface area contributed by atoms with Crippen molar-refractivity contribution < 1.29 is 42.1 Å². The van der Waals surface area contributed by atoms with Crippen molar-refractivity contribution in [2.75, 3.05) is 0 Å². The number of hydrogen-bond donors (Lipinski definition) is 0. The van der Waals surface area contributed by atoms with Crippen LogP contribution in [0.25, 0.3) is 93.8 Å². The standard InChI is InChI=1S/C52H48N4S6Si.2W/c1-5-9-15-31(7-3)29-63(30-32(8-4)16-10-6-2)45-27-43(37-23-21-35(47-49(37)55-61-53-47)41-25-33-17-11-13-19-39(33)57-41)59-51(45)52-46(63)28-44(60-52)38-24-22-36(48-50(38)56-62-54-48)42-26-34-18-12-14-20-40(34)58-42;;/h11-14,17-22,25-28,31-32H,5-10,15-16,29-30H2,1-4H3;;/q-2;;. The predicted molar refractivity (Wildman–Crippen MR) is 281 cm³/mol. The molecule has 11 rings (SSSR count). The monoisotopic (exact) mass is 1320 g/mol. The molecule has 7 heterocycles. The van der Waals surface area contributed by atoms with Crippen molar-refractivity contribution in [1.29, 1.82) is 0 Å². The molecule has 2 atom stereocenters. The number of benzene rings is 4. The third-order valence-corrected chi connectivity index (χ3v) is 25.2. The maximum absolute atomic E-state index is 5.01. The Hall–Kier alpha value is -2.57. The summed E-state index contributed by atoms with van der Waals surface area (Å²) in [7, 11) is -2.30. The first-order valence-corrected chi connectivity index (χ1v) is 29.8. The molecule has 0 radical (unpaired) electrons. The van der Waals surface area contributed by atoms with Gasteiger partial charge < -0.3 is 0 Å². The summed E-state index contributed by atoms with van der Waals surface area (Å²) in [4.78, 5) is 8.00. The number of aromatic nitrogens is 4. The number of nitrogens with zero attached hydrogens (tertiary/aromatic N) is 4. The Morgan fingerprint density at radius 1 is 0.523 bits per heavy atom. The molecule has 0 saturated heterocycles. The SMILES string of the molecule is CCCCC(CC)C[Si]1(CC(CC)CCCC)c2cc(-c3[c-]cc(-c4cc5ccccc5s4)c4nsnc34)sc2-c2sc(-c3[c-]cc(-c4cc5ccccc5s4)c4nsnc34)cc21.[W].[W]. The molecule has 0 spiro atoms. The molecule has 0 fully saturated rings. The summed E-state index contributed by atoms with van der Waals surface area (Å²) >= 11 is 10.3. The Morgan fingerprint density at radius 2 is 0.954 bits per heavy atom. The van der Waals surface area contributed by atoms with Crippen molar-refractivity contribution >= 4 is 129 Å². The first kappa shape index (κ1) is 47.5. The number of rotatable bonds is 16. The van der Waals surface area contributed by atoms with Gasteiger partial charge in [0.15, 0.2) is 0 Å². The van der Waals surface area contributed by atoms with E-state index in [-0.39, 0.29) is 42.1 Å². The summed E-state index contributed by atoms with van der Waals surface area (Å²) in [5.41, 5.74) is 8.38. The van der Waals surface area contributed by atoms with Gasteiger partial charge in [0, 0.05) is 83.4 Å². The molecule has 1 aliphatic heterocycles. The Labute approximate surface area is 436 Å². The third kappa shape index (κ3) is 8.54. The van der Waals surface area contributed by atoms with Gasteiger partial charge >= 0.3 is 0 Å². The molecule has 0 saturated carbocycles. The van der Waals surface area contributed by atoms with Crippen molar-refractivity contribution in [1.82, 2.24) is 17.5 Å². The maximum atomic E-state index is 5.01. The van der Waals surface area contributed by atoms with Gasteiger partial charge in [-0.15, -0.1) is 58.1 Å². The molecule has 6 aromatic heterocycles. The Morgan fingerprint density at radius 3 is 1.37 bits per heavy atom. The molecule has 0 aliphatic carbocycles. The van der Waals surface area contributed by atoms with Crippen LogP contribution in [0.15, 0.2) is 84.9 Å². The van der Waals surface area contributed by atoms with Crippen molar-refractivity contribution in [3.05, 3.63) is 97.1 Å². The molecule has 65 heavy (non-hydrogen) atoms. The summed E-state index contributed by atoms with van der Waals surface area (Å²) in [5.74, 6) is 1.41. The van der Waals surface area contributed by atoms with E-state index in [0.29, 0.717) is 11.8 Å². The molecule has 1 aliphatic rings. The van der Waals surface area contributed by atoms with E-state index in [0.717, 1.165) is 44.3 Å². The van der Waals surface area contributed by atoms with E-state index in [2.05, 4.69) is 125 Å². The topological polar surface area (TPSA) is 51.6 Å². The second-order valence-corrected chi connectivity index (χ2v) is 26.8. The van der Waals surface area contributed by atoms with Crippen molar-refractivity contribution in [2.45, 2.75) is 91.1 Å². The molecule has 10 aromatic rings. The molecule has 13 heteroatoms. The minimum absolute atomic E-state index is 0. The van der Waals surface area contributed by atoms with Crippen LogP contribution in [0.1, 0.15) is 79.1 Å². The average molecular weight is 1320 g/mol. The van der Waals surface area contributed by atoms with Crippen LogP contribution in [0.2, 0.25) is 12.1 Å². The van der Waals surface area contributed by atoms with Crippen LogP contribution in [0, 0.1) is 24.0 Å². The van der Waals surface area contributed by atoms with Crippen LogP contribution in [-0.4, -0.2) is 25.6 Å². The average Bonchev–Trinajstić information content (AvgIpc) is 4.17.